The Hall–Kier alpha value is -2.82. The normalized spacial score (nSPS) is 15.4. The number of nitrogens with zero attached hydrogens (tertiary/aromatic N) is 1. The van der Waals surface area contributed by atoms with Crippen molar-refractivity contribution in [1.29, 1.82) is 0 Å². The Kier molecular flexibility index (Phi) is 5.33. The van der Waals surface area contributed by atoms with Crippen LogP contribution in [0, 0.1) is 0 Å². The number of benzene rings is 2. The first-order valence-electron chi connectivity index (χ1n) is 8.40. The molecule has 3 rings (SSSR count). The average Bonchev–Trinajstić information content (AvgIpc) is 2.67. The molecule has 2 amide bonds. The number of ether oxygens (including phenoxy) is 1. The van der Waals surface area contributed by atoms with E-state index in [2.05, 4.69) is 5.32 Å². The van der Waals surface area contributed by atoms with Crippen LogP contribution in [0.15, 0.2) is 54.6 Å². The second-order valence-electron chi connectivity index (χ2n) is 6.11. The van der Waals surface area contributed by atoms with Crippen LogP contribution in [0.1, 0.15) is 23.5 Å². The van der Waals surface area contributed by atoms with E-state index < -0.39 is 0 Å². The third-order valence-electron chi connectivity index (χ3n) is 4.49. The molecule has 1 aliphatic heterocycles. The number of methoxy groups -OCH3 is 1. The van der Waals surface area contributed by atoms with Gasteiger partial charge in [-0.1, -0.05) is 42.5 Å². The van der Waals surface area contributed by atoms with Crippen molar-refractivity contribution in [3.8, 4) is 5.75 Å². The molecule has 5 heteroatoms. The smallest absolute Gasteiger partial charge is 0.239 e. The Balaban J connectivity index is 1.83. The summed E-state index contributed by atoms with van der Waals surface area (Å²) in [6.45, 7) is 1.22. The van der Waals surface area contributed by atoms with Gasteiger partial charge in [0.05, 0.1) is 13.7 Å². The second-order valence-corrected chi connectivity index (χ2v) is 6.11. The van der Waals surface area contributed by atoms with Gasteiger partial charge in [-0.2, -0.15) is 0 Å². The molecule has 1 heterocycles. The Morgan fingerprint density at radius 1 is 1.12 bits per heavy atom. The largest absolute Gasteiger partial charge is 0.497 e. The van der Waals surface area contributed by atoms with Gasteiger partial charge >= 0.3 is 0 Å². The van der Waals surface area contributed by atoms with Crippen LogP contribution in [-0.2, 0) is 9.59 Å². The number of carbonyl (C=O) groups excluding carboxylic acids is 2. The number of amides is 2. The van der Waals surface area contributed by atoms with E-state index in [1.54, 1.807) is 12.0 Å². The van der Waals surface area contributed by atoms with Crippen molar-refractivity contribution in [1.82, 2.24) is 10.2 Å². The molecule has 1 aliphatic rings. The zero-order valence-corrected chi connectivity index (χ0v) is 14.3. The second kappa shape index (κ2) is 7.83. The molecule has 2 aromatic rings. The maximum Gasteiger partial charge on any atom is 0.239 e. The van der Waals surface area contributed by atoms with E-state index >= 15 is 0 Å². The number of piperazine rings is 1. The zero-order chi connectivity index (χ0) is 17.6. The molecule has 2 aromatic carbocycles. The highest BCUT2D eigenvalue weighted by molar-refractivity contribution is 5.86. The minimum absolute atomic E-state index is 0.000443. The lowest BCUT2D eigenvalue weighted by molar-refractivity contribution is -0.138. The maximum atomic E-state index is 12.7. The van der Waals surface area contributed by atoms with Crippen LogP contribution >= 0.6 is 0 Å². The molecule has 5 nitrogen and oxygen atoms in total. The standard InChI is InChI=1S/C20H22N2O3/c1-25-17-9-7-16(8-10-17)18(15-5-3-2-4-6-15)13-20(24)22-12-11-21-19(23)14-22/h2-10,18H,11-14H2,1H3,(H,21,23). The minimum Gasteiger partial charge on any atom is -0.497 e. The summed E-state index contributed by atoms with van der Waals surface area (Å²) in [5.74, 6) is 0.638. The van der Waals surface area contributed by atoms with E-state index in [1.807, 2.05) is 54.6 Å². The lowest BCUT2D eigenvalue weighted by atomic mass is 9.88. The van der Waals surface area contributed by atoms with Crippen LogP contribution in [0.4, 0.5) is 0 Å². The van der Waals surface area contributed by atoms with Gasteiger partial charge < -0.3 is 15.0 Å². The Morgan fingerprint density at radius 3 is 2.44 bits per heavy atom. The predicted molar refractivity (Wildman–Crippen MR) is 95.5 cm³/mol. The molecule has 1 fully saturated rings. The molecule has 1 N–H and O–H groups in total. The van der Waals surface area contributed by atoms with E-state index in [0.717, 1.165) is 16.9 Å². The van der Waals surface area contributed by atoms with Crippen LogP contribution < -0.4 is 10.1 Å². The molecule has 130 valence electrons. The number of hydrogen-bond acceptors (Lipinski definition) is 3. The molecular weight excluding hydrogens is 316 g/mol. The fourth-order valence-electron chi connectivity index (χ4n) is 3.10. The van der Waals surface area contributed by atoms with E-state index in [1.165, 1.54) is 0 Å². The van der Waals surface area contributed by atoms with Crippen molar-refractivity contribution in [3.63, 3.8) is 0 Å². The fourth-order valence-corrected chi connectivity index (χ4v) is 3.10. The van der Waals surface area contributed by atoms with Gasteiger partial charge in [-0.3, -0.25) is 9.59 Å². The third-order valence-corrected chi connectivity index (χ3v) is 4.49. The first kappa shape index (κ1) is 17.0. The van der Waals surface area contributed by atoms with E-state index in [9.17, 15) is 9.59 Å². The SMILES string of the molecule is COc1ccc(C(CC(=O)N2CCNC(=O)C2)c2ccccc2)cc1. The molecule has 1 unspecified atom stereocenters. The lowest BCUT2D eigenvalue weighted by Crippen LogP contribution is -2.50. The topological polar surface area (TPSA) is 58.6 Å². The summed E-state index contributed by atoms with van der Waals surface area (Å²) in [7, 11) is 1.63. The maximum absolute atomic E-state index is 12.7. The highest BCUT2D eigenvalue weighted by Gasteiger charge is 2.25. The van der Waals surface area contributed by atoms with Gasteiger partial charge in [-0.25, -0.2) is 0 Å². The van der Waals surface area contributed by atoms with Gasteiger partial charge in [0.15, 0.2) is 0 Å². The van der Waals surface area contributed by atoms with Gasteiger partial charge in [0.2, 0.25) is 11.8 Å². The summed E-state index contributed by atoms with van der Waals surface area (Å²) in [5, 5.41) is 2.75. The monoisotopic (exact) mass is 338 g/mol. The number of carbonyl (C=O) groups is 2. The molecule has 1 atom stereocenters. The quantitative estimate of drug-likeness (QED) is 0.909. The molecule has 25 heavy (non-hydrogen) atoms. The van der Waals surface area contributed by atoms with Crippen LogP contribution in [0.2, 0.25) is 0 Å². The third kappa shape index (κ3) is 4.18. The van der Waals surface area contributed by atoms with Gasteiger partial charge in [-0.15, -0.1) is 0 Å². The molecule has 0 bridgehead atoms. The highest BCUT2D eigenvalue weighted by atomic mass is 16.5. The minimum atomic E-state index is -0.0969. The Morgan fingerprint density at radius 2 is 1.80 bits per heavy atom. The van der Waals surface area contributed by atoms with Crippen LogP contribution in [0.3, 0.4) is 0 Å². The summed E-state index contributed by atoms with van der Waals surface area (Å²) in [5.41, 5.74) is 2.14. The predicted octanol–water partition coefficient (Wildman–Crippen LogP) is 2.18. The van der Waals surface area contributed by atoms with Crippen molar-refractivity contribution in [2.24, 2.45) is 0 Å². The van der Waals surface area contributed by atoms with Gasteiger partial charge in [0.1, 0.15) is 5.75 Å². The summed E-state index contributed by atoms with van der Waals surface area (Å²) >= 11 is 0. The molecular formula is C20H22N2O3. The average molecular weight is 338 g/mol. The summed E-state index contributed by atoms with van der Waals surface area (Å²) in [4.78, 5) is 25.9. The van der Waals surface area contributed by atoms with Crippen molar-refractivity contribution in [2.45, 2.75) is 12.3 Å². The number of nitrogens with one attached hydrogen (secondary N) is 1. The Labute approximate surface area is 147 Å². The Bertz CT molecular complexity index is 728. The van der Waals surface area contributed by atoms with E-state index in [-0.39, 0.29) is 24.3 Å². The van der Waals surface area contributed by atoms with Crippen LogP contribution in [-0.4, -0.2) is 43.5 Å². The number of hydrogen-bond donors (Lipinski definition) is 1. The first-order chi connectivity index (χ1) is 12.2. The van der Waals surface area contributed by atoms with Crippen molar-refractivity contribution in [2.75, 3.05) is 26.7 Å². The van der Waals surface area contributed by atoms with Crippen molar-refractivity contribution >= 4 is 11.8 Å². The summed E-state index contributed by atoms with van der Waals surface area (Å²) in [6, 6.07) is 17.8. The molecule has 0 aromatic heterocycles. The first-order valence-corrected chi connectivity index (χ1v) is 8.40. The zero-order valence-electron chi connectivity index (χ0n) is 14.3. The fraction of sp³-hybridized carbons (Fsp3) is 0.300. The van der Waals surface area contributed by atoms with Crippen LogP contribution in [0.5, 0.6) is 5.75 Å². The van der Waals surface area contributed by atoms with E-state index in [0.29, 0.717) is 19.5 Å². The van der Waals surface area contributed by atoms with Crippen molar-refractivity contribution < 1.29 is 14.3 Å². The highest BCUT2D eigenvalue weighted by Crippen LogP contribution is 2.30. The molecule has 0 saturated carbocycles. The lowest BCUT2D eigenvalue weighted by Gasteiger charge is -2.28. The van der Waals surface area contributed by atoms with Gasteiger partial charge in [0.25, 0.3) is 0 Å². The van der Waals surface area contributed by atoms with Gasteiger partial charge in [-0.05, 0) is 23.3 Å². The summed E-state index contributed by atoms with van der Waals surface area (Å²) < 4.78 is 5.22. The molecule has 1 saturated heterocycles. The van der Waals surface area contributed by atoms with Crippen LogP contribution in [0.25, 0.3) is 0 Å². The molecule has 0 aliphatic carbocycles. The van der Waals surface area contributed by atoms with E-state index in [4.69, 9.17) is 4.74 Å². The molecule has 0 spiro atoms. The summed E-state index contributed by atoms with van der Waals surface area (Å²) in [6.07, 6.45) is 0.337. The van der Waals surface area contributed by atoms with Gasteiger partial charge in [0, 0.05) is 25.4 Å². The molecule has 0 radical (unpaired) electrons. The number of rotatable bonds is 5. The van der Waals surface area contributed by atoms with Crippen molar-refractivity contribution in [3.05, 3.63) is 65.7 Å².